The zero-order chi connectivity index (χ0) is 32.3. The van der Waals surface area contributed by atoms with E-state index in [9.17, 15) is 0 Å². The molecule has 0 aliphatic heterocycles. The van der Waals surface area contributed by atoms with E-state index in [0.29, 0.717) is 5.56 Å². The summed E-state index contributed by atoms with van der Waals surface area (Å²) in [5.74, 6) is 0. The van der Waals surface area contributed by atoms with Crippen LogP contribution >= 0.6 is 0 Å². The van der Waals surface area contributed by atoms with E-state index in [4.69, 9.17) is 10.2 Å². The van der Waals surface area contributed by atoms with Crippen LogP contribution in [0.3, 0.4) is 0 Å². The number of benzene rings is 7. The van der Waals surface area contributed by atoms with Gasteiger partial charge in [0.05, 0.1) is 23.0 Å². The predicted molar refractivity (Wildman–Crippen MR) is 199 cm³/mol. The molecule has 8 rings (SSSR count). The predicted octanol–water partition coefficient (Wildman–Crippen LogP) is 12.1. The summed E-state index contributed by atoms with van der Waals surface area (Å²) in [5.41, 5.74) is 14.1. The van der Waals surface area contributed by atoms with Crippen molar-refractivity contribution in [3.8, 4) is 73.1 Å². The van der Waals surface area contributed by atoms with Crippen LogP contribution in [0.2, 0.25) is 0 Å². The van der Waals surface area contributed by atoms with Gasteiger partial charge in [0.25, 0.3) is 0 Å². The Morgan fingerprint density at radius 2 is 0.708 bits per heavy atom. The van der Waals surface area contributed by atoms with Crippen molar-refractivity contribution in [1.29, 1.82) is 5.26 Å². The maximum absolute atomic E-state index is 9.14. The second-order valence-corrected chi connectivity index (χ2v) is 11.9. The van der Waals surface area contributed by atoms with Crippen LogP contribution in [0.5, 0.6) is 0 Å². The number of nitriles is 1. The van der Waals surface area contributed by atoms with E-state index in [1.165, 1.54) is 33.0 Å². The molecule has 0 saturated heterocycles. The molecule has 0 saturated carbocycles. The summed E-state index contributed by atoms with van der Waals surface area (Å²) in [4.78, 5) is 5.05. The third kappa shape index (κ3) is 5.66. The van der Waals surface area contributed by atoms with E-state index in [0.717, 1.165) is 44.8 Å². The van der Waals surface area contributed by atoms with E-state index in [1.807, 2.05) is 36.4 Å². The van der Waals surface area contributed by atoms with E-state index < -0.39 is 0 Å². The summed E-state index contributed by atoms with van der Waals surface area (Å²) in [6, 6.07) is 65.8. The van der Waals surface area contributed by atoms with Gasteiger partial charge >= 0.3 is 0 Å². The average molecular weight is 611 g/mol. The topological polar surface area (TPSA) is 36.7 Å². The molecule has 2 heteroatoms. The first kappa shape index (κ1) is 28.9. The average Bonchev–Trinajstić information content (AvgIpc) is 3.18. The lowest BCUT2D eigenvalue weighted by Gasteiger charge is -2.14. The fourth-order valence-electron chi connectivity index (χ4n) is 6.44. The number of rotatable bonds is 6. The molecule has 1 aromatic heterocycles. The van der Waals surface area contributed by atoms with Gasteiger partial charge in [-0.25, -0.2) is 4.98 Å². The van der Waals surface area contributed by atoms with Gasteiger partial charge in [0.15, 0.2) is 0 Å². The van der Waals surface area contributed by atoms with Crippen molar-refractivity contribution in [1.82, 2.24) is 4.98 Å². The Morgan fingerprint density at radius 3 is 1.15 bits per heavy atom. The molecule has 0 unspecified atom stereocenters. The molecule has 0 radical (unpaired) electrons. The van der Waals surface area contributed by atoms with Gasteiger partial charge in [0.1, 0.15) is 0 Å². The van der Waals surface area contributed by atoms with Crippen molar-refractivity contribution in [3.05, 3.63) is 188 Å². The van der Waals surface area contributed by atoms with Crippen LogP contribution in [0.1, 0.15) is 5.56 Å². The molecule has 7 aromatic carbocycles. The van der Waals surface area contributed by atoms with Crippen molar-refractivity contribution in [2.24, 2.45) is 0 Å². The molecule has 0 spiro atoms. The second-order valence-electron chi connectivity index (χ2n) is 11.9. The normalized spacial score (nSPS) is 10.9. The minimum Gasteiger partial charge on any atom is -0.248 e. The smallest absolute Gasteiger partial charge is 0.0991 e. The van der Waals surface area contributed by atoms with Gasteiger partial charge in [-0.05, 0) is 79.5 Å². The third-order valence-electron chi connectivity index (χ3n) is 8.96. The lowest BCUT2D eigenvalue weighted by Crippen LogP contribution is -1.91. The fraction of sp³-hybridized carbons (Fsp3) is 0. The maximum atomic E-state index is 9.14. The highest BCUT2D eigenvalue weighted by Crippen LogP contribution is 2.38. The van der Waals surface area contributed by atoms with Crippen LogP contribution in [0.25, 0.3) is 77.8 Å². The SMILES string of the molecule is N#Cc1ccc(-c2ccc(-c3ccc(-c4ccc(-c5cc(-c6ccccc6)nc(-c6ccccc6)c5)cc4)c4ccccc34)cc2)cc1. The molecule has 0 bridgehead atoms. The Balaban J connectivity index is 1.14. The number of nitrogens with zero attached hydrogens (tertiary/aromatic N) is 2. The zero-order valence-electron chi connectivity index (χ0n) is 26.2. The molecule has 0 amide bonds. The standard InChI is InChI=1S/C46H30N2/c47-31-32-15-17-33(18-16-32)34-19-23-36(24-20-34)41-27-28-42(44-14-8-7-13-43(41)44)37-25-21-35(22-26-37)40-29-45(38-9-3-1-4-10-38)48-46(30-40)39-11-5-2-6-12-39/h1-30H. The zero-order valence-corrected chi connectivity index (χ0v) is 26.2. The first-order chi connectivity index (χ1) is 23.7. The van der Waals surface area contributed by atoms with Crippen LogP contribution in [-0.4, -0.2) is 4.98 Å². The van der Waals surface area contributed by atoms with Gasteiger partial charge in [-0.15, -0.1) is 0 Å². The maximum Gasteiger partial charge on any atom is 0.0991 e. The third-order valence-corrected chi connectivity index (χ3v) is 8.96. The Hall–Kier alpha value is -6.56. The minimum atomic E-state index is 0.670. The summed E-state index contributed by atoms with van der Waals surface area (Å²) >= 11 is 0. The Bertz CT molecular complexity index is 2350. The lowest BCUT2D eigenvalue weighted by atomic mass is 9.91. The first-order valence-electron chi connectivity index (χ1n) is 16.1. The van der Waals surface area contributed by atoms with Gasteiger partial charge in [0.2, 0.25) is 0 Å². The van der Waals surface area contributed by atoms with Crippen molar-refractivity contribution in [2.45, 2.75) is 0 Å². The summed E-state index contributed by atoms with van der Waals surface area (Å²) in [7, 11) is 0. The highest BCUT2D eigenvalue weighted by Gasteiger charge is 2.12. The summed E-state index contributed by atoms with van der Waals surface area (Å²) in [5, 5.41) is 11.6. The Labute approximate surface area is 280 Å². The number of hydrogen-bond acceptors (Lipinski definition) is 2. The van der Waals surface area contributed by atoms with Crippen molar-refractivity contribution in [3.63, 3.8) is 0 Å². The molecule has 224 valence electrons. The van der Waals surface area contributed by atoms with Crippen molar-refractivity contribution >= 4 is 10.8 Å². The van der Waals surface area contributed by atoms with Gasteiger partial charge in [-0.3, -0.25) is 0 Å². The molecule has 48 heavy (non-hydrogen) atoms. The number of fused-ring (bicyclic) bond motifs is 1. The molecule has 0 fully saturated rings. The van der Waals surface area contributed by atoms with Gasteiger partial charge in [-0.1, -0.05) is 158 Å². The summed E-state index contributed by atoms with van der Waals surface area (Å²) in [6.07, 6.45) is 0. The highest BCUT2D eigenvalue weighted by atomic mass is 14.7. The molecule has 0 N–H and O–H groups in total. The van der Waals surface area contributed by atoms with E-state index in [2.05, 4.69) is 152 Å². The highest BCUT2D eigenvalue weighted by molar-refractivity contribution is 6.05. The van der Waals surface area contributed by atoms with E-state index in [-0.39, 0.29) is 0 Å². The lowest BCUT2D eigenvalue weighted by molar-refractivity contribution is 1.32. The summed E-state index contributed by atoms with van der Waals surface area (Å²) in [6.45, 7) is 0. The summed E-state index contributed by atoms with van der Waals surface area (Å²) < 4.78 is 0. The monoisotopic (exact) mass is 610 g/mol. The van der Waals surface area contributed by atoms with Crippen LogP contribution in [0.4, 0.5) is 0 Å². The minimum absolute atomic E-state index is 0.670. The molecular formula is C46H30N2. The van der Waals surface area contributed by atoms with Crippen LogP contribution in [0, 0.1) is 11.3 Å². The van der Waals surface area contributed by atoms with Crippen LogP contribution in [0.15, 0.2) is 182 Å². The molecule has 1 heterocycles. The molecule has 0 aliphatic rings. The van der Waals surface area contributed by atoms with E-state index in [1.54, 1.807) is 0 Å². The second kappa shape index (κ2) is 12.7. The Kier molecular flexibility index (Phi) is 7.63. The van der Waals surface area contributed by atoms with Gasteiger partial charge in [-0.2, -0.15) is 5.26 Å². The largest absolute Gasteiger partial charge is 0.248 e. The first-order valence-corrected chi connectivity index (χ1v) is 16.1. The van der Waals surface area contributed by atoms with E-state index >= 15 is 0 Å². The van der Waals surface area contributed by atoms with Gasteiger partial charge in [0, 0.05) is 11.1 Å². The Morgan fingerprint density at radius 1 is 0.333 bits per heavy atom. The molecule has 8 aromatic rings. The quantitative estimate of drug-likeness (QED) is 0.188. The van der Waals surface area contributed by atoms with Crippen LogP contribution < -0.4 is 0 Å². The molecule has 0 atom stereocenters. The van der Waals surface area contributed by atoms with Crippen molar-refractivity contribution < 1.29 is 0 Å². The van der Waals surface area contributed by atoms with Crippen LogP contribution in [-0.2, 0) is 0 Å². The molecular weight excluding hydrogens is 581 g/mol. The fourth-order valence-corrected chi connectivity index (χ4v) is 6.44. The number of aromatic nitrogens is 1. The van der Waals surface area contributed by atoms with Gasteiger partial charge < -0.3 is 0 Å². The van der Waals surface area contributed by atoms with Crippen molar-refractivity contribution in [2.75, 3.05) is 0 Å². The molecule has 2 nitrogen and oxygen atoms in total. The number of hydrogen-bond donors (Lipinski definition) is 0. The number of pyridine rings is 1. The molecule has 0 aliphatic carbocycles.